The van der Waals surface area contributed by atoms with Gasteiger partial charge in [-0.05, 0) is 37.4 Å². The molecule has 3 rings (SSSR count). The molecule has 1 saturated heterocycles. The second-order valence-electron chi connectivity index (χ2n) is 6.42. The monoisotopic (exact) mass is 428 g/mol. The maximum absolute atomic E-state index is 12.7. The molecule has 0 aliphatic carbocycles. The minimum Gasteiger partial charge on any atom is -0.353 e. The minimum atomic E-state index is -4.44. The van der Waals surface area contributed by atoms with Crippen LogP contribution in [0.3, 0.4) is 0 Å². The number of carbonyl (C=O) groups excluding carboxylic acids is 1. The van der Waals surface area contributed by atoms with Crippen molar-refractivity contribution in [1.82, 2.24) is 14.6 Å². The van der Waals surface area contributed by atoms with Gasteiger partial charge in [0.05, 0.1) is 10.5 Å². The summed E-state index contributed by atoms with van der Waals surface area (Å²) in [5.74, 6) is 0.102. The van der Waals surface area contributed by atoms with Crippen LogP contribution < -0.4 is 9.62 Å². The Hall–Kier alpha value is -2.66. The van der Waals surface area contributed by atoms with Crippen LogP contribution in [0, 0.1) is 0 Å². The number of pyridine rings is 1. The molecule has 0 radical (unpaired) electrons. The zero-order chi connectivity index (χ0) is 21.2. The van der Waals surface area contributed by atoms with Crippen molar-refractivity contribution in [1.29, 1.82) is 0 Å². The van der Waals surface area contributed by atoms with E-state index < -0.39 is 21.8 Å². The molecule has 0 spiro atoms. The summed E-state index contributed by atoms with van der Waals surface area (Å²) < 4.78 is 64.0. The standard InChI is InChI=1S/C18H19F3N4O3S/c1-22-29(27,28)15-4-2-3-13(11-15)17(26)25-9-7-24(8-10-25)16-6-5-14(12-23-16)18(19,20)21/h2-6,11-12,22H,7-10H2,1H3. The first-order valence-corrected chi connectivity index (χ1v) is 10.2. The maximum Gasteiger partial charge on any atom is 0.417 e. The van der Waals surface area contributed by atoms with E-state index in [0.717, 1.165) is 12.3 Å². The topological polar surface area (TPSA) is 82.6 Å². The number of hydrogen-bond acceptors (Lipinski definition) is 5. The molecular weight excluding hydrogens is 409 g/mol. The first-order chi connectivity index (χ1) is 13.6. The number of carbonyl (C=O) groups is 1. The van der Waals surface area contributed by atoms with Crippen molar-refractivity contribution in [2.24, 2.45) is 0 Å². The molecule has 0 unspecified atom stereocenters. The molecule has 1 aromatic heterocycles. The summed E-state index contributed by atoms with van der Waals surface area (Å²) in [5, 5.41) is 0. The predicted octanol–water partition coefficient (Wildman–Crippen LogP) is 1.97. The van der Waals surface area contributed by atoms with Crippen molar-refractivity contribution in [3.05, 3.63) is 53.7 Å². The predicted molar refractivity (Wildman–Crippen MR) is 100 cm³/mol. The first kappa shape index (κ1) is 21.1. The van der Waals surface area contributed by atoms with Gasteiger partial charge in [0.25, 0.3) is 5.91 Å². The van der Waals surface area contributed by atoms with Gasteiger partial charge in [-0.3, -0.25) is 4.79 Å². The van der Waals surface area contributed by atoms with E-state index in [0.29, 0.717) is 32.0 Å². The highest BCUT2D eigenvalue weighted by atomic mass is 32.2. The van der Waals surface area contributed by atoms with Crippen LogP contribution in [0.4, 0.5) is 19.0 Å². The largest absolute Gasteiger partial charge is 0.417 e. The number of anilines is 1. The van der Waals surface area contributed by atoms with E-state index in [4.69, 9.17) is 0 Å². The van der Waals surface area contributed by atoms with Crippen molar-refractivity contribution in [2.45, 2.75) is 11.1 Å². The van der Waals surface area contributed by atoms with Crippen molar-refractivity contribution < 1.29 is 26.4 Å². The fraction of sp³-hybridized carbons (Fsp3) is 0.333. The van der Waals surface area contributed by atoms with E-state index in [1.807, 2.05) is 0 Å². The fourth-order valence-corrected chi connectivity index (χ4v) is 3.75. The van der Waals surface area contributed by atoms with Crippen LogP contribution >= 0.6 is 0 Å². The summed E-state index contributed by atoms with van der Waals surface area (Å²) in [6.07, 6.45) is -3.65. The van der Waals surface area contributed by atoms with E-state index >= 15 is 0 Å². The summed E-state index contributed by atoms with van der Waals surface area (Å²) in [6, 6.07) is 8.05. The highest BCUT2D eigenvalue weighted by Gasteiger charge is 2.31. The Morgan fingerprint density at radius 3 is 2.34 bits per heavy atom. The van der Waals surface area contributed by atoms with Crippen LogP contribution in [-0.2, 0) is 16.2 Å². The lowest BCUT2D eigenvalue weighted by molar-refractivity contribution is -0.137. The van der Waals surface area contributed by atoms with E-state index in [1.54, 1.807) is 15.9 Å². The number of aromatic nitrogens is 1. The highest BCUT2D eigenvalue weighted by molar-refractivity contribution is 7.89. The maximum atomic E-state index is 12.7. The summed E-state index contributed by atoms with van der Waals surface area (Å²) >= 11 is 0. The quantitative estimate of drug-likeness (QED) is 0.805. The number of alkyl halides is 3. The Morgan fingerprint density at radius 1 is 1.10 bits per heavy atom. The third-order valence-electron chi connectivity index (χ3n) is 4.63. The van der Waals surface area contributed by atoms with Crippen molar-refractivity contribution in [2.75, 3.05) is 38.1 Å². The van der Waals surface area contributed by atoms with Gasteiger partial charge < -0.3 is 9.80 Å². The Balaban J connectivity index is 1.66. The molecule has 1 aromatic carbocycles. The second kappa shape index (κ2) is 7.99. The number of amides is 1. The van der Waals surface area contributed by atoms with E-state index in [-0.39, 0.29) is 16.4 Å². The highest BCUT2D eigenvalue weighted by Crippen LogP contribution is 2.29. The summed E-state index contributed by atoms with van der Waals surface area (Å²) in [7, 11) is -2.37. The number of halogens is 3. The average Bonchev–Trinajstić information content (AvgIpc) is 2.73. The van der Waals surface area contributed by atoms with Crippen LogP contribution in [0.2, 0.25) is 0 Å². The van der Waals surface area contributed by atoms with Gasteiger partial charge in [-0.15, -0.1) is 0 Å². The molecule has 156 valence electrons. The molecule has 2 heterocycles. The second-order valence-corrected chi connectivity index (χ2v) is 8.30. The van der Waals surface area contributed by atoms with Crippen LogP contribution in [0.1, 0.15) is 15.9 Å². The SMILES string of the molecule is CNS(=O)(=O)c1cccc(C(=O)N2CCN(c3ccc(C(F)(F)F)cn3)CC2)c1. The van der Waals surface area contributed by atoms with Gasteiger partial charge in [0.1, 0.15) is 5.82 Å². The summed E-state index contributed by atoms with van der Waals surface area (Å²) in [4.78, 5) is 20.0. The minimum absolute atomic E-state index is 0.00144. The molecule has 0 bridgehead atoms. The zero-order valence-corrected chi connectivity index (χ0v) is 16.3. The van der Waals surface area contributed by atoms with Crippen LogP contribution in [0.25, 0.3) is 0 Å². The number of nitrogens with one attached hydrogen (secondary N) is 1. The lowest BCUT2D eigenvalue weighted by Gasteiger charge is -2.35. The van der Waals surface area contributed by atoms with E-state index in [2.05, 4.69) is 9.71 Å². The lowest BCUT2D eigenvalue weighted by atomic mass is 10.2. The fourth-order valence-electron chi connectivity index (χ4n) is 2.98. The first-order valence-electron chi connectivity index (χ1n) is 8.73. The van der Waals surface area contributed by atoms with Crippen molar-refractivity contribution >= 4 is 21.7 Å². The molecule has 7 nitrogen and oxygen atoms in total. The molecule has 1 fully saturated rings. The normalized spacial score (nSPS) is 15.4. The smallest absolute Gasteiger partial charge is 0.353 e. The Morgan fingerprint density at radius 2 is 1.79 bits per heavy atom. The zero-order valence-electron chi connectivity index (χ0n) is 15.5. The lowest BCUT2D eigenvalue weighted by Crippen LogP contribution is -2.49. The summed E-state index contributed by atoms with van der Waals surface area (Å²) in [6.45, 7) is 1.48. The molecule has 2 aromatic rings. The summed E-state index contributed by atoms with van der Waals surface area (Å²) in [5.41, 5.74) is -0.561. The molecule has 1 aliphatic rings. The van der Waals surface area contributed by atoms with Crippen molar-refractivity contribution in [3.8, 4) is 0 Å². The number of sulfonamides is 1. The number of piperazine rings is 1. The Kier molecular flexibility index (Phi) is 5.80. The van der Waals surface area contributed by atoms with E-state index in [1.165, 1.54) is 31.3 Å². The number of hydrogen-bond donors (Lipinski definition) is 1. The van der Waals surface area contributed by atoms with Gasteiger partial charge in [-0.2, -0.15) is 13.2 Å². The van der Waals surface area contributed by atoms with Gasteiger partial charge in [0.15, 0.2) is 0 Å². The molecular formula is C18H19F3N4O3S. The number of rotatable bonds is 4. The van der Waals surface area contributed by atoms with Gasteiger partial charge in [-0.1, -0.05) is 6.07 Å². The average molecular weight is 428 g/mol. The third-order valence-corrected chi connectivity index (χ3v) is 6.04. The van der Waals surface area contributed by atoms with Crippen molar-refractivity contribution in [3.63, 3.8) is 0 Å². The van der Waals surface area contributed by atoms with Gasteiger partial charge >= 0.3 is 6.18 Å². The molecule has 11 heteroatoms. The molecule has 1 amide bonds. The Labute approximate surface area is 166 Å². The van der Waals surface area contributed by atoms with Crippen LogP contribution in [0.5, 0.6) is 0 Å². The van der Waals surface area contributed by atoms with Gasteiger partial charge in [0, 0.05) is 37.9 Å². The Bertz CT molecular complexity index is 986. The van der Waals surface area contributed by atoms with E-state index in [9.17, 15) is 26.4 Å². The van der Waals surface area contributed by atoms with Gasteiger partial charge in [-0.25, -0.2) is 18.1 Å². The number of nitrogens with zero attached hydrogens (tertiary/aromatic N) is 3. The third kappa shape index (κ3) is 4.67. The van der Waals surface area contributed by atoms with Gasteiger partial charge in [0.2, 0.25) is 10.0 Å². The molecule has 1 N–H and O–H groups in total. The molecule has 0 saturated carbocycles. The molecule has 29 heavy (non-hydrogen) atoms. The number of benzene rings is 1. The molecule has 1 aliphatic heterocycles. The van der Waals surface area contributed by atoms with Crippen LogP contribution in [0.15, 0.2) is 47.5 Å². The van der Waals surface area contributed by atoms with Crippen LogP contribution in [-0.4, -0.2) is 57.4 Å². The molecule has 0 atom stereocenters.